The van der Waals surface area contributed by atoms with Crippen molar-refractivity contribution in [3.8, 4) is 0 Å². The number of nitrogens with zero attached hydrogens (tertiary/aromatic N) is 3. The maximum Gasteiger partial charge on any atom is 0.0796 e. The lowest BCUT2D eigenvalue weighted by Crippen LogP contribution is -2.06. The first-order chi connectivity index (χ1) is 6.83. The smallest absolute Gasteiger partial charge is 0.0796 e. The molecule has 0 aliphatic heterocycles. The van der Waals surface area contributed by atoms with Crippen LogP contribution in [0.1, 0.15) is 32.9 Å². The van der Waals surface area contributed by atoms with E-state index in [-0.39, 0.29) is 0 Å². The molecule has 0 saturated carbocycles. The Morgan fingerprint density at radius 2 is 2.07 bits per heavy atom. The van der Waals surface area contributed by atoms with E-state index in [0.29, 0.717) is 0 Å². The van der Waals surface area contributed by atoms with E-state index >= 15 is 0 Å². The van der Waals surface area contributed by atoms with Gasteiger partial charge in [0, 0.05) is 12.8 Å². The molecule has 0 N–H and O–H groups in total. The van der Waals surface area contributed by atoms with Gasteiger partial charge in [0.25, 0.3) is 0 Å². The predicted octanol–water partition coefficient (Wildman–Crippen LogP) is 2.04. The van der Waals surface area contributed by atoms with Crippen LogP contribution in [0, 0.1) is 6.92 Å². The second kappa shape index (κ2) is 8.69. The van der Waals surface area contributed by atoms with Crippen molar-refractivity contribution in [2.24, 2.45) is 0 Å². The highest BCUT2D eigenvalue weighted by atomic mass is 16.5. The molecule has 0 atom stereocenters. The number of aryl methyl sites for hydroxylation is 1. The molecule has 0 unspecified atom stereocenters. The second-order valence-corrected chi connectivity index (χ2v) is 2.74. The molecule has 82 valence electrons. The number of hydrogen-bond donors (Lipinski definition) is 0. The topological polar surface area (TPSA) is 39.9 Å². The van der Waals surface area contributed by atoms with Gasteiger partial charge in [-0.3, -0.25) is 0 Å². The maximum absolute atomic E-state index is 5.31. The lowest BCUT2D eigenvalue weighted by molar-refractivity contribution is 0.124. The number of aromatic nitrogens is 3. The molecule has 0 bridgehead atoms. The Kier molecular flexibility index (Phi) is 8.13. The van der Waals surface area contributed by atoms with Gasteiger partial charge in [0.15, 0.2) is 0 Å². The SMILES string of the molecule is CC.CCCOCCn1cc(C)nn1. The van der Waals surface area contributed by atoms with E-state index in [4.69, 9.17) is 4.74 Å². The van der Waals surface area contributed by atoms with E-state index < -0.39 is 0 Å². The zero-order valence-corrected chi connectivity index (χ0v) is 9.66. The third-order valence-corrected chi connectivity index (χ3v) is 1.47. The summed E-state index contributed by atoms with van der Waals surface area (Å²) in [6.07, 6.45) is 2.98. The van der Waals surface area contributed by atoms with Gasteiger partial charge in [0.2, 0.25) is 0 Å². The Labute approximate surface area is 86.3 Å². The highest BCUT2D eigenvalue weighted by Crippen LogP contribution is 1.89. The average Bonchev–Trinajstić information content (AvgIpc) is 2.62. The molecule has 0 spiro atoms. The fourth-order valence-corrected chi connectivity index (χ4v) is 0.909. The van der Waals surface area contributed by atoms with Crippen LogP contribution in [0.15, 0.2) is 6.20 Å². The molecular weight excluding hydrogens is 178 g/mol. The normalized spacial score (nSPS) is 9.43. The summed E-state index contributed by atoms with van der Waals surface area (Å²) >= 11 is 0. The molecule has 0 saturated heterocycles. The quantitative estimate of drug-likeness (QED) is 0.681. The first kappa shape index (κ1) is 13.1. The molecule has 0 fully saturated rings. The standard InChI is InChI=1S/C8H15N3O.C2H6/c1-3-5-12-6-4-11-7-8(2)9-10-11;1-2/h7H,3-6H2,1-2H3;1-2H3. The van der Waals surface area contributed by atoms with Crippen LogP contribution in [0.3, 0.4) is 0 Å². The Morgan fingerprint density at radius 1 is 1.36 bits per heavy atom. The molecule has 0 aliphatic rings. The van der Waals surface area contributed by atoms with Crippen molar-refractivity contribution in [3.63, 3.8) is 0 Å². The minimum Gasteiger partial charge on any atom is -0.380 e. The minimum absolute atomic E-state index is 0.719. The molecule has 14 heavy (non-hydrogen) atoms. The number of hydrogen-bond acceptors (Lipinski definition) is 3. The maximum atomic E-state index is 5.31. The summed E-state index contributed by atoms with van der Waals surface area (Å²) < 4.78 is 7.10. The summed E-state index contributed by atoms with van der Waals surface area (Å²) in [5, 5.41) is 7.77. The Hall–Kier alpha value is -0.900. The van der Waals surface area contributed by atoms with Gasteiger partial charge in [-0.05, 0) is 13.3 Å². The average molecular weight is 199 g/mol. The lowest BCUT2D eigenvalue weighted by atomic mass is 10.5. The largest absolute Gasteiger partial charge is 0.380 e. The summed E-state index contributed by atoms with van der Waals surface area (Å²) in [6, 6.07) is 0. The summed E-state index contributed by atoms with van der Waals surface area (Å²) in [6.45, 7) is 10.4. The van der Waals surface area contributed by atoms with Gasteiger partial charge in [-0.15, -0.1) is 5.10 Å². The van der Waals surface area contributed by atoms with E-state index in [1.807, 2.05) is 27.0 Å². The van der Waals surface area contributed by atoms with Crippen molar-refractivity contribution < 1.29 is 4.74 Å². The Bertz CT molecular complexity index is 223. The molecule has 4 heteroatoms. The van der Waals surface area contributed by atoms with E-state index in [0.717, 1.165) is 31.9 Å². The minimum atomic E-state index is 0.719. The molecule has 1 heterocycles. The summed E-state index contributed by atoms with van der Waals surface area (Å²) in [5.41, 5.74) is 0.950. The number of ether oxygens (including phenoxy) is 1. The summed E-state index contributed by atoms with van der Waals surface area (Å²) in [4.78, 5) is 0. The van der Waals surface area contributed by atoms with Crippen molar-refractivity contribution in [1.29, 1.82) is 0 Å². The van der Waals surface area contributed by atoms with Crippen molar-refractivity contribution in [2.75, 3.05) is 13.2 Å². The molecule has 0 aliphatic carbocycles. The van der Waals surface area contributed by atoms with Gasteiger partial charge in [-0.1, -0.05) is 26.0 Å². The van der Waals surface area contributed by atoms with E-state index in [1.54, 1.807) is 4.68 Å². The molecule has 4 nitrogen and oxygen atoms in total. The number of rotatable bonds is 5. The summed E-state index contributed by atoms with van der Waals surface area (Å²) in [7, 11) is 0. The predicted molar refractivity (Wildman–Crippen MR) is 57.2 cm³/mol. The zero-order chi connectivity index (χ0) is 10.8. The molecule has 1 aromatic rings. The van der Waals surface area contributed by atoms with Gasteiger partial charge in [0.05, 0.1) is 18.8 Å². The Morgan fingerprint density at radius 3 is 2.57 bits per heavy atom. The molecule has 0 radical (unpaired) electrons. The van der Waals surface area contributed by atoms with Gasteiger partial charge >= 0.3 is 0 Å². The first-order valence-electron chi connectivity index (χ1n) is 5.27. The monoisotopic (exact) mass is 199 g/mol. The highest BCUT2D eigenvalue weighted by Gasteiger charge is 1.94. The molecule has 0 aromatic carbocycles. The first-order valence-corrected chi connectivity index (χ1v) is 5.27. The van der Waals surface area contributed by atoms with Gasteiger partial charge < -0.3 is 4.74 Å². The molecule has 1 rings (SSSR count). The van der Waals surface area contributed by atoms with Crippen LogP contribution in [0.5, 0.6) is 0 Å². The highest BCUT2D eigenvalue weighted by molar-refractivity contribution is 4.86. The van der Waals surface area contributed by atoms with E-state index in [1.165, 1.54) is 0 Å². The third kappa shape index (κ3) is 5.70. The van der Waals surface area contributed by atoms with Crippen LogP contribution < -0.4 is 0 Å². The molecule has 0 amide bonds. The van der Waals surface area contributed by atoms with Crippen molar-refractivity contribution in [1.82, 2.24) is 15.0 Å². The fraction of sp³-hybridized carbons (Fsp3) is 0.800. The van der Waals surface area contributed by atoms with Gasteiger partial charge in [0.1, 0.15) is 0 Å². The van der Waals surface area contributed by atoms with Crippen LogP contribution in [0.25, 0.3) is 0 Å². The van der Waals surface area contributed by atoms with Crippen molar-refractivity contribution in [3.05, 3.63) is 11.9 Å². The lowest BCUT2D eigenvalue weighted by Gasteiger charge is -2.00. The zero-order valence-electron chi connectivity index (χ0n) is 9.66. The van der Waals surface area contributed by atoms with Crippen molar-refractivity contribution in [2.45, 2.75) is 40.7 Å². The van der Waals surface area contributed by atoms with Crippen molar-refractivity contribution >= 4 is 0 Å². The van der Waals surface area contributed by atoms with Crippen LogP contribution in [0.2, 0.25) is 0 Å². The molecule has 1 aromatic heterocycles. The van der Waals surface area contributed by atoms with Crippen LogP contribution >= 0.6 is 0 Å². The van der Waals surface area contributed by atoms with E-state index in [9.17, 15) is 0 Å². The van der Waals surface area contributed by atoms with Crippen LogP contribution in [-0.2, 0) is 11.3 Å². The fourth-order valence-electron chi connectivity index (χ4n) is 0.909. The Balaban J connectivity index is 0.000000791. The van der Waals surface area contributed by atoms with Gasteiger partial charge in [-0.25, -0.2) is 4.68 Å². The summed E-state index contributed by atoms with van der Waals surface area (Å²) in [5.74, 6) is 0. The van der Waals surface area contributed by atoms with Crippen LogP contribution in [0.4, 0.5) is 0 Å². The molecular formula is C10H21N3O. The van der Waals surface area contributed by atoms with Crippen LogP contribution in [-0.4, -0.2) is 28.2 Å². The third-order valence-electron chi connectivity index (χ3n) is 1.47. The van der Waals surface area contributed by atoms with Gasteiger partial charge in [-0.2, -0.15) is 0 Å². The van der Waals surface area contributed by atoms with E-state index in [2.05, 4.69) is 17.2 Å². The second-order valence-electron chi connectivity index (χ2n) is 2.74.